The molecular weight excluding hydrogens is 609 g/mol. The summed E-state index contributed by atoms with van der Waals surface area (Å²) in [6.07, 6.45) is 2.24. The zero-order chi connectivity index (χ0) is 31.3. The van der Waals surface area contributed by atoms with Crippen molar-refractivity contribution in [2.24, 2.45) is 10.8 Å². The fourth-order valence-electron chi connectivity index (χ4n) is 6.67. The van der Waals surface area contributed by atoms with Crippen molar-refractivity contribution in [1.82, 2.24) is 4.90 Å². The number of ketones is 2. The molecule has 0 amide bonds. The Morgan fingerprint density at radius 3 is 1.95 bits per heavy atom. The summed E-state index contributed by atoms with van der Waals surface area (Å²) in [5, 5.41) is 1.22. The molecule has 0 saturated heterocycles. The lowest BCUT2D eigenvalue weighted by atomic mass is 9.63. The molecule has 43 heavy (non-hydrogen) atoms. The molecule has 0 bridgehead atoms. The Morgan fingerprint density at radius 1 is 0.814 bits per heavy atom. The Balaban J connectivity index is 1.64. The number of nitrogens with zero attached hydrogens (tertiary/aromatic N) is 1. The second kappa shape index (κ2) is 12.1. The first-order valence-corrected chi connectivity index (χ1v) is 15.6. The predicted molar refractivity (Wildman–Crippen MR) is 170 cm³/mol. The van der Waals surface area contributed by atoms with Crippen molar-refractivity contribution in [2.75, 3.05) is 27.4 Å². The lowest BCUT2D eigenvalue weighted by Gasteiger charge is -2.49. The van der Waals surface area contributed by atoms with E-state index in [1.54, 1.807) is 32.4 Å². The van der Waals surface area contributed by atoms with Crippen LogP contribution < -0.4 is 9.47 Å². The number of halogens is 3. The van der Waals surface area contributed by atoms with E-state index >= 15 is 0 Å². The molecule has 1 heterocycles. The third kappa shape index (κ3) is 6.35. The van der Waals surface area contributed by atoms with Gasteiger partial charge in [-0.1, -0.05) is 68.6 Å². The molecule has 0 atom stereocenters. The summed E-state index contributed by atoms with van der Waals surface area (Å²) in [6, 6.07) is 8.93. The molecule has 0 spiro atoms. The molecule has 3 aliphatic rings. The molecule has 2 aromatic carbocycles. The van der Waals surface area contributed by atoms with Crippen LogP contribution in [0.5, 0.6) is 11.5 Å². The van der Waals surface area contributed by atoms with Crippen molar-refractivity contribution in [3.05, 3.63) is 79.1 Å². The molecule has 230 valence electrons. The summed E-state index contributed by atoms with van der Waals surface area (Å²) in [4.78, 5) is 30.2. The maximum Gasteiger partial charge on any atom is 0.180 e. The Labute approximate surface area is 268 Å². The van der Waals surface area contributed by atoms with Crippen molar-refractivity contribution in [3.63, 3.8) is 0 Å². The van der Waals surface area contributed by atoms with Gasteiger partial charge >= 0.3 is 0 Å². The first kappa shape index (κ1) is 31.9. The van der Waals surface area contributed by atoms with Crippen molar-refractivity contribution in [3.8, 4) is 11.5 Å². The zero-order valence-electron chi connectivity index (χ0n) is 25.5. The van der Waals surface area contributed by atoms with Gasteiger partial charge in [0.15, 0.2) is 23.1 Å². The fraction of sp³-hybridized carbons (Fsp3) is 0.471. The van der Waals surface area contributed by atoms with Gasteiger partial charge in [-0.2, -0.15) is 0 Å². The summed E-state index contributed by atoms with van der Waals surface area (Å²) in [6.45, 7) is 9.73. The summed E-state index contributed by atoms with van der Waals surface area (Å²) in [5.41, 5.74) is 4.41. The molecule has 9 heteroatoms. The van der Waals surface area contributed by atoms with Gasteiger partial charge in [0.05, 0.1) is 28.8 Å². The van der Waals surface area contributed by atoms with Gasteiger partial charge in [-0.25, -0.2) is 0 Å². The molecule has 6 nitrogen and oxygen atoms in total. The van der Waals surface area contributed by atoms with E-state index in [2.05, 4.69) is 32.6 Å². The van der Waals surface area contributed by atoms with Crippen LogP contribution in [0.2, 0.25) is 15.1 Å². The van der Waals surface area contributed by atoms with E-state index < -0.39 is 5.92 Å². The van der Waals surface area contributed by atoms with Crippen molar-refractivity contribution in [1.29, 1.82) is 0 Å². The summed E-state index contributed by atoms with van der Waals surface area (Å²) >= 11 is 19.1. The monoisotopic (exact) mass is 645 g/mol. The lowest BCUT2D eigenvalue weighted by Crippen LogP contribution is -2.45. The van der Waals surface area contributed by atoms with Gasteiger partial charge in [-0.15, -0.1) is 0 Å². The molecule has 0 N–H and O–H groups in total. The Hall–Kier alpha value is -2.51. The van der Waals surface area contributed by atoms with E-state index in [9.17, 15) is 9.59 Å². The quantitative estimate of drug-likeness (QED) is 0.286. The number of carbonyl (C=O) groups excluding carboxylic acids is 2. The third-order valence-electron chi connectivity index (χ3n) is 8.49. The van der Waals surface area contributed by atoms with Crippen molar-refractivity contribution in [2.45, 2.75) is 65.9 Å². The van der Waals surface area contributed by atoms with Crippen LogP contribution in [0, 0.1) is 10.8 Å². The van der Waals surface area contributed by atoms with Gasteiger partial charge < -0.3 is 19.1 Å². The zero-order valence-corrected chi connectivity index (χ0v) is 27.8. The van der Waals surface area contributed by atoms with Crippen LogP contribution >= 0.6 is 34.8 Å². The van der Waals surface area contributed by atoms with Crippen molar-refractivity contribution < 1.29 is 23.8 Å². The largest absolute Gasteiger partial charge is 0.493 e. The van der Waals surface area contributed by atoms with Gasteiger partial charge in [0, 0.05) is 55.0 Å². The number of Topliss-reactive ketones (excluding diaryl/α,β-unsaturated/α-hetero) is 2. The first-order valence-electron chi connectivity index (χ1n) is 14.5. The minimum Gasteiger partial charge on any atom is -0.493 e. The summed E-state index contributed by atoms with van der Waals surface area (Å²) in [7, 11) is 3.22. The van der Waals surface area contributed by atoms with Gasteiger partial charge in [0.25, 0.3) is 0 Å². The number of carbonyl (C=O) groups is 2. The Kier molecular flexibility index (Phi) is 8.99. The smallest absolute Gasteiger partial charge is 0.180 e. The van der Waals surface area contributed by atoms with Crippen molar-refractivity contribution >= 4 is 46.4 Å². The minimum absolute atomic E-state index is 0.0536. The van der Waals surface area contributed by atoms with Crippen LogP contribution in [-0.2, 0) is 20.9 Å². The molecule has 2 aliphatic carbocycles. The number of rotatable bonds is 8. The number of benzene rings is 2. The van der Waals surface area contributed by atoms with Crippen LogP contribution in [-0.4, -0.2) is 43.8 Å². The number of allylic oxidation sites excluding steroid dienone is 4. The lowest BCUT2D eigenvalue weighted by molar-refractivity contribution is -0.119. The van der Waals surface area contributed by atoms with Crippen LogP contribution in [0.3, 0.4) is 0 Å². The minimum atomic E-state index is -0.550. The van der Waals surface area contributed by atoms with E-state index in [4.69, 9.17) is 49.0 Å². The highest BCUT2D eigenvalue weighted by atomic mass is 35.5. The Morgan fingerprint density at radius 2 is 1.42 bits per heavy atom. The second-order valence-corrected chi connectivity index (χ2v) is 14.5. The summed E-state index contributed by atoms with van der Waals surface area (Å²) < 4.78 is 17.4. The van der Waals surface area contributed by atoms with E-state index in [0.717, 1.165) is 35.4 Å². The number of methoxy groups -OCH3 is 2. The summed E-state index contributed by atoms with van der Waals surface area (Å²) in [5.74, 6) is 0.343. The fourth-order valence-corrected chi connectivity index (χ4v) is 7.26. The maximum atomic E-state index is 14.0. The van der Waals surface area contributed by atoms with E-state index in [-0.39, 0.29) is 29.0 Å². The van der Waals surface area contributed by atoms with Crippen LogP contribution in [0.4, 0.5) is 0 Å². The number of ether oxygens (including phenoxy) is 3. The molecule has 0 aromatic heterocycles. The number of hydrogen-bond acceptors (Lipinski definition) is 6. The highest BCUT2D eigenvalue weighted by Gasteiger charge is 2.49. The molecule has 0 saturated carbocycles. The highest BCUT2D eigenvalue weighted by Crippen LogP contribution is 2.55. The molecule has 1 aliphatic heterocycles. The van der Waals surface area contributed by atoms with Crippen LogP contribution in [0.25, 0.3) is 0 Å². The topological polar surface area (TPSA) is 65.1 Å². The number of hydrogen-bond donors (Lipinski definition) is 0. The predicted octanol–water partition coefficient (Wildman–Crippen LogP) is 8.57. The van der Waals surface area contributed by atoms with E-state index in [1.165, 1.54) is 0 Å². The molecular formula is C34H38Cl3NO5. The standard InChI is InChI=1S/C34H38Cl3NO5/c1-33(2)14-24-30(26(39)16-33)29(31-25(38(24)9-10-41-5)15-34(3,4)17-27(31)40)20-12-23(37)32(28(13-20)42-6)43-18-19-7-8-21(35)22(36)11-19/h7-8,11-13,29H,9-10,14-18H2,1-6H3. The van der Waals surface area contributed by atoms with Crippen LogP contribution in [0.1, 0.15) is 70.4 Å². The molecule has 0 unspecified atom stereocenters. The first-order chi connectivity index (χ1) is 20.2. The third-order valence-corrected chi connectivity index (χ3v) is 9.51. The Bertz CT molecular complexity index is 1490. The average Bonchev–Trinajstić information content (AvgIpc) is 2.91. The van der Waals surface area contributed by atoms with Gasteiger partial charge in [0.1, 0.15) is 6.61 Å². The second-order valence-electron chi connectivity index (χ2n) is 13.3. The molecule has 0 radical (unpaired) electrons. The molecule has 2 aromatic rings. The normalized spacial score (nSPS) is 19.9. The van der Waals surface area contributed by atoms with E-state index in [1.807, 2.05) is 12.1 Å². The average molecular weight is 647 g/mol. The highest BCUT2D eigenvalue weighted by molar-refractivity contribution is 6.42. The van der Waals surface area contributed by atoms with Gasteiger partial charge in [0.2, 0.25) is 0 Å². The molecule has 5 rings (SSSR count). The SMILES string of the molecule is COCCN1C2=C(C(=O)CC(C)(C)C2)C(c2cc(Cl)c(OCc3ccc(Cl)c(Cl)c3)c(OC)c2)C2=C1CC(C)(C)CC2=O. The van der Waals surface area contributed by atoms with E-state index in [0.29, 0.717) is 63.7 Å². The van der Waals surface area contributed by atoms with Gasteiger partial charge in [-0.3, -0.25) is 9.59 Å². The van der Waals surface area contributed by atoms with Crippen LogP contribution in [0.15, 0.2) is 52.9 Å². The maximum absolute atomic E-state index is 14.0. The molecule has 0 fully saturated rings. The van der Waals surface area contributed by atoms with Gasteiger partial charge in [-0.05, 0) is 59.1 Å².